The van der Waals surface area contributed by atoms with Gasteiger partial charge >= 0.3 is 6.09 Å². The molecule has 0 aromatic heterocycles. The monoisotopic (exact) mass is 340 g/mol. The van der Waals surface area contributed by atoms with E-state index in [9.17, 15) is 18.7 Å². The van der Waals surface area contributed by atoms with E-state index < -0.39 is 16.7 Å². The van der Waals surface area contributed by atoms with Crippen LogP contribution < -0.4 is 10.2 Å². The van der Waals surface area contributed by atoms with E-state index in [4.69, 9.17) is 4.74 Å². The maximum atomic E-state index is 12.0. The first-order chi connectivity index (χ1) is 10.8. The SMILES string of the molecule is CC(=O)NC[C@H]1CN(c2ccc3c(c2)CS(O)(O)CC3)C(=O)O1. The minimum absolute atomic E-state index is 0.168. The van der Waals surface area contributed by atoms with Gasteiger partial charge in [-0.05, 0) is 29.7 Å². The van der Waals surface area contributed by atoms with Crippen molar-refractivity contribution >= 4 is 28.3 Å². The number of hydrogen-bond acceptors (Lipinski definition) is 5. The quantitative estimate of drug-likeness (QED) is 0.781. The minimum Gasteiger partial charge on any atom is -0.442 e. The zero-order valence-electron chi connectivity index (χ0n) is 12.8. The fourth-order valence-electron chi connectivity index (χ4n) is 2.85. The summed E-state index contributed by atoms with van der Waals surface area (Å²) in [7, 11) is -2.56. The highest BCUT2D eigenvalue weighted by atomic mass is 32.3. The number of nitrogens with zero attached hydrogens (tertiary/aromatic N) is 1. The number of nitrogens with one attached hydrogen (secondary N) is 1. The first kappa shape index (κ1) is 16.1. The molecule has 2 amide bonds. The van der Waals surface area contributed by atoms with Crippen LogP contribution in [0.25, 0.3) is 0 Å². The topological polar surface area (TPSA) is 99.1 Å². The maximum Gasteiger partial charge on any atom is 0.414 e. The molecule has 23 heavy (non-hydrogen) atoms. The minimum atomic E-state index is -2.56. The molecule has 126 valence electrons. The van der Waals surface area contributed by atoms with Crippen molar-refractivity contribution in [3.8, 4) is 0 Å². The normalized spacial score (nSPS) is 23.9. The van der Waals surface area contributed by atoms with Crippen LogP contribution in [0.3, 0.4) is 0 Å². The number of cyclic esters (lactones) is 1. The predicted molar refractivity (Wildman–Crippen MR) is 87.9 cm³/mol. The summed E-state index contributed by atoms with van der Waals surface area (Å²) >= 11 is 0. The number of amides is 2. The first-order valence-corrected chi connectivity index (χ1v) is 9.30. The lowest BCUT2D eigenvalue weighted by molar-refractivity contribution is -0.119. The summed E-state index contributed by atoms with van der Waals surface area (Å²) in [5.74, 6) is 0.455. The molecule has 1 aromatic carbocycles. The number of rotatable bonds is 3. The van der Waals surface area contributed by atoms with Crippen LogP contribution in [-0.2, 0) is 21.7 Å². The van der Waals surface area contributed by atoms with Gasteiger partial charge in [-0.25, -0.2) is 4.79 Å². The number of hydrogen-bond donors (Lipinski definition) is 3. The molecule has 0 bridgehead atoms. The second-order valence-electron chi connectivity index (χ2n) is 5.91. The standard InChI is InChI=1S/C15H20N2O5S/c1-10(18)16-7-14-8-17(15(19)22-14)13-3-2-11-4-5-23(20,21)9-12(11)6-13/h2-3,6,14,20-21H,4-5,7-9H2,1H3,(H,16,18)/t14-/m0/s1. The highest BCUT2D eigenvalue weighted by Crippen LogP contribution is 2.47. The molecule has 1 atom stereocenters. The fourth-order valence-corrected chi connectivity index (χ4v) is 4.31. The summed E-state index contributed by atoms with van der Waals surface area (Å²) in [5, 5.41) is 2.64. The van der Waals surface area contributed by atoms with Crippen molar-refractivity contribution in [2.45, 2.75) is 25.2 Å². The molecule has 7 nitrogen and oxygen atoms in total. The highest BCUT2D eigenvalue weighted by Gasteiger charge is 2.33. The lowest BCUT2D eigenvalue weighted by atomic mass is 10.0. The Hall–Kier alpha value is -1.77. The van der Waals surface area contributed by atoms with Crippen molar-refractivity contribution in [2.75, 3.05) is 23.7 Å². The molecule has 2 aliphatic rings. The second-order valence-corrected chi connectivity index (χ2v) is 8.21. The van der Waals surface area contributed by atoms with Gasteiger partial charge in [0.25, 0.3) is 0 Å². The van der Waals surface area contributed by atoms with E-state index in [0.29, 0.717) is 24.4 Å². The number of anilines is 1. The van der Waals surface area contributed by atoms with Crippen molar-refractivity contribution in [1.29, 1.82) is 0 Å². The fraction of sp³-hybridized carbons (Fsp3) is 0.467. The molecule has 0 saturated carbocycles. The molecule has 3 rings (SSSR count). The predicted octanol–water partition coefficient (Wildman–Crippen LogP) is 1.95. The van der Waals surface area contributed by atoms with E-state index in [-0.39, 0.29) is 24.3 Å². The van der Waals surface area contributed by atoms with Crippen molar-refractivity contribution in [1.82, 2.24) is 5.32 Å². The molecule has 1 aromatic rings. The Labute approximate surface area is 136 Å². The van der Waals surface area contributed by atoms with E-state index in [1.165, 1.54) is 11.8 Å². The van der Waals surface area contributed by atoms with Gasteiger partial charge in [-0.15, -0.1) is 0 Å². The molecule has 1 fully saturated rings. The molecule has 0 radical (unpaired) electrons. The van der Waals surface area contributed by atoms with Gasteiger partial charge in [0.15, 0.2) is 0 Å². The number of carbonyl (C=O) groups excluding carboxylic acids is 2. The van der Waals surface area contributed by atoms with E-state index in [1.54, 1.807) is 0 Å². The molecule has 1 saturated heterocycles. The van der Waals surface area contributed by atoms with Gasteiger partial charge in [0.2, 0.25) is 5.91 Å². The largest absolute Gasteiger partial charge is 0.442 e. The van der Waals surface area contributed by atoms with Crippen LogP contribution in [0.2, 0.25) is 0 Å². The molecule has 2 aliphatic heterocycles. The highest BCUT2D eigenvalue weighted by molar-refractivity contribution is 8.23. The van der Waals surface area contributed by atoms with Gasteiger partial charge in [0.1, 0.15) is 6.10 Å². The zero-order chi connectivity index (χ0) is 16.6. The number of ether oxygens (including phenoxy) is 1. The molecular formula is C15H20N2O5S. The van der Waals surface area contributed by atoms with E-state index in [0.717, 1.165) is 11.1 Å². The molecule has 0 spiro atoms. The van der Waals surface area contributed by atoms with Crippen LogP contribution in [-0.4, -0.2) is 46.1 Å². The lowest BCUT2D eigenvalue weighted by Gasteiger charge is -2.37. The number of carbonyl (C=O) groups is 2. The number of fused-ring (bicyclic) bond motifs is 1. The molecular weight excluding hydrogens is 320 g/mol. The smallest absolute Gasteiger partial charge is 0.414 e. The van der Waals surface area contributed by atoms with Crippen molar-refractivity contribution in [2.24, 2.45) is 0 Å². The first-order valence-electron chi connectivity index (χ1n) is 7.42. The van der Waals surface area contributed by atoms with Gasteiger partial charge in [-0.3, -0.25) is 18.8 Å². The third-order valence-corrected chi connectivity index (χ3v) is 5.67. The summed E-state index contributed by atoms with van der Waals surface area (Å²) in [6.45, 7) is 2.05. The number of benzene rings is 1. The Morgan fingerprint density at radius 2 is 2.22 bits per heavy atom. The average molecular weight is 340 g/mol. The summed E-state index contributed by atoms with van der Waals surface area (Å²) in [5.41, 5.74) is 2.63. The lowest BCUT2D eigenvalue weighted by Crippen LogP contribution is -2.33. The summed E-state index contributed by atoms with van der Waals surface area (Å²) in [6, 6.07) is 5.59. The zero-order valence-corrected chi connectivity index (χ0v) is 13.6. The average Bonchev–Trinajstić information content (AvgIpc) is 2.84. The van der Waals surface area contributed by atoms with Gasteiger partial charge in [0, 0.05) is 18.4 Å². The Morgan fingerprint density at radius 1 is 1.43 bits per heavy atom. The third kappa shape index (κ3) is 3.60. The van der Waals surface area contributed by atoms with Crippen molar-refractivity contribution < 1.29 is 23.4 Å². The second kappa shape index (κ2) is 6.03. The summed E-state index contributed by atoms with van der Waals surface area (Å²) in [4.78, 5) is 24.5. The molecule has 3 N–H and O–H groups in total. The summed E-state index contributed by atoms with van der Waals surface area (Å²) < 4.78 is 25.0. The van der Waals surface area contributed by atoms with Crippen LogP contribution in [0.5, 0.6) is 0 Å². The van der Waals surface area contributed by atoms with E-state index >= 15 is 0 Å². The Kier molecular flexibility index (Phi) is 4.22. The van der Waals surface area contributed by atoms with Gasteiger partial charge in [0.05, 0.1) is 18.8 Å². The Balaban J connectivity index is 1.75. The van der Waals surface area contributed by atoms with E-state index in [1.807, 2.05) is 18.2 Å². The van der Waals surface area contributed by atoms with Gasteiger partial charge in [-0.1, -0.05) is 6.07 Å². The van der Waals surface area contributed by atoms with Crippen LogP contribution in [0, 0.1) is 0 Å². The van der Waals surface area contributed by atoms with Crippen LogP contribution >= 0.6 is 10.6 Å². The maximum absolute atomic E-state index is 12.0. The van der Waals surface area contributed by atoms with Crippen LogP contribution in [0.4, 0.5) is 10.5 Å². The molecule has 0 aliphatic carbocycles. The Bertz CT molecular complexity index is 649. The van der Waals surface area contributed by atoms with Crippen LogP contribution in [0.15, 0.2) is 18.2 Å². The Morgan fingerprint density at radius 3 is 2.96 bits per heavy atom. The van der Waals surface area contributed by atoms with Crippen LogP contribution in [0.1, 0.15) is 18.1 Å². The van der Waals surface area contributed by atoms with E-state index in [2.05, 4.69) is 5.32 Å². The molecule has 8 heteroatoms. The summed E-state index contributed by atoms with van der Waals surface area (Å²) in [6.07, 6.45) is -0.210. The molecule has 0 unspecified atom stereocenters. The number of aryl methyl sites for hydroxylation is 1. The molecule has 2 heterocycles. The van der Waals surface area contributed by atoms with Gasteiger partial charge < -0.3 is 10.1 Å². The van der Waals surface area contributed by atoms with Crippen molar-refractivity contribution in [3.05, 3.63) is 29.3 Å². The van der Waals surface area contributed by atoms with Crippen molar-refractivity contribution in [3.63, 3.8) is 0 Å². The third-order valence-electron chi connectivity index (χ3n) is 4.04. The van der Waals surface area contributed by atoms with Gasteiger partial charge in [-0.2, -0.15) is 10.6 Å².